The molecule has 1 aromatic heterocycles. The first-order valence-corrected chi connectivity index (χ1v) is 7.44. The summed E-state index contributed by atoms with van der Waals surface area (Å²) in [5, 5.41) is 2.85. The summed E-state index contributed by atoms with van der Waals surface area (Å²) in [6.07, 6.45) is -4.38. The maximum absolute atomic E-state index is 12.6. The summed E-state index contributed by atoms with van der Waals surface area (Å²) in [4.78, 5) is 16.6. The number of pyridine rings is 1. The second-order valence-electron chi connectivity index (χ2n) is 6.66. The van der Waals surface area contributed by atoms with Gasteiger partial charge in [0.05, 0.1) is 11.3 Å². The van der Waals surface area contributed by atoms with Crippen molar-refractivity contribution in [2.75, 3.05) is 0 Å². The smallest absolute Gasteiger partial charge is 0.347 e. The molecular formula is C18H19F3N2O. The lowest BCUT2D eigenvalue weighted by atomic mass is 10.0. The predicted octanol–water partition coefficient (Wildman–Crippen LogP) is 4.60. The summed E-state index contributed by atoms with van der Waals surface area (Å²) < 4.78 is 37.9. The van der Waals surface area contributed by atoms with Crippen LogP contribution in [0.1, 0.15) is 42.4 Å². The Balaban J connectivity index is 2.36. The number of nitrogens with zero attached hydrogens (tertiary/aromatic N) is 1. The van der Waals surface area contributed by atoms with Crippen molar-refractivity contribution < 1.29 is 18.0 Å². The Kier molecular flexibility index (Phi) is 4.69. The number of aryl methyl sites for hydroxylation is 1. The first-order valence-electron chi connectivity index (χ1n) is 7.44. The summed E-state index contributed by atoms with van der Waals surface area (Å²) >= 11 is 0. The number of nitrogens with one attached hydrogen (secondary N) is 1. The van der Waals surface area contributed by atoms with E-state index in [0.717, 1.165) is 12.1 Å². The van der Waals surface area contributed by atoms with Crippen molar-refractivity contribution in [1.82, 2.24) is 10.3 Å². The van der Waals surface area contributed by atoms with Crippen LogP contribution < -0.4 is 5.32 Å². The van der Waals surface area contributed by atoms with Crippen LogP contribution in [0.3, 0.4) is 0 Å². The van der Waals surface area contributed by atoms with Crippen molar-refractivity contribution in [2.24, 2.45) is 0 Å². The van der Waals surface area contributed by atoms with E-state index in [0.29, 0.717) is 22.5 Å². The highest BCUT2D eigenvalue weighted by Crippen LogP contribution is 2.30. The Morgan fingerprint density at radius 2 is 1.62 bits per heavy atom. The third-order valence-electron chi connectivity index (χ3n) is 3.21. The zero-order valence-corrected chi connectivity index (χ0v) is 14.0. The number of benzene rings is 1. The number of aromatic nitrogens is 1. The maximum atomic E-state index is 12.6. The summed E-state index contributed by atoms with van der Waals surface area (Å²) in [5.41, 5.74) is 0.922. The van der Waals surface area contributed by atoms with Crippen LogP contribution >= 0.6 is 0 Å². The van der Waals surface area contributed by atoms with Gasteiger partial charge in [-0.25, -0.2) is 0 Å². The van der Waals surface area contributed by atoms with Gasteiger partial charge in [-0.3, -0.25) is 9.78 Å². The lowest BCUT2D eigenvalue weighted by Gasteiger charge is -2.20. The van der Waals surface area contributed by atoms with Crippen LogP contribution in [0.15, 0.2) is 36.4 Å². The number of hydrogen-bond donors (Lipinski definition) is 1. The van der Waals surface area contributed by atoms with Crippen LogP contribution in [0, 0.1) is 6.92 Å². The molecule has 0 fully saturated rings. The molecule has 2 aromatic rings. The van der Waals surface area contributed by atoms with Crippen molar-refractivity contribution in [2.45, 2.75) is 39.4 Å². The zero-order chi connectivity index (χ0) is 18.1. The van der Waals surface area contributed by atoms with E-state index in [1.54, 1.807) is 19.1 Å². The van der Waals surface area contributed by atoms with E-state index in [4.69, 9.17) is 0 Å². The van der Waals surface area contributed by atoms with Crippen LogP contribution in [-0.4, -0.2) is 16.4 Å². The van der Waals surface area contributed by atoms with Gasteiger partial charge >= 0.3 is 6.18 Å². The number of amides is 1. The second-order valence-corrected chi connectivity index (χ2v) is 6.66. The summed E-state index contributed by atoms with van der Waals surface area (Å²) in [6.45, 7) is 7.35. The minimum Gasteiger partial charge on any atom is -0.347 e. The molecule has 0 unspecified atom stereocenters. The van der Waals surface area contributed by atoms with Gasteiger partial charge in [0.15, 0.2) is 0 Å². The van der Waals surface area contributed by atoms with E-state index in [-0.39, 0.29) is 11.4 Å². The molecule has 0 aliphatic rings. The Bertz CT molecular complexity index is 744. The molecule has 0 radical (unpaired) electrons. The third kappa shape index (κ3) is 4.57. The van der Waals surface area contributed by atoms with Crippen LogP contribution in [0.2, 0.25) is 0 Å². The van der Waals surface area contributed by atoms with E-state index in [9.17, 15) is 18.0 Å². The Morgan fingerprint density at radius 3 is 2.12 bits per heavy atom. The monoisotopic (exact) mass is 336 g/mol. The Hall–Kier alpha value is -2.37. The van der Waals surface area contributed by atoms with Crippen molar-refractivity contribution in [3.05, 3.63) is 53.2 Å². The van der Waals surface area contributed by atoms with Gasteiger partial charge in [0.1, 0.15) is 0 Å². The van der Waals surface area contributed by atoms with E-state index in [1.807, 2.05) is 20.8 Å². The molecule has 6 heteroatoms. The number of carbonyl (C=O) groups excluding carboxylic acids is 1. The minimum absolute atomic E-state index is 0.249. The highest BCUT2D eigenvalue weighted by Gasteiger charge is 2.30. The second kappa shape index (κ2) is 6.26. The molecule has 0 aliphatic heterocycles. The standard InChI is InChI=1S/C18H19F3N2O/c1-11-9-13(16(24)23-17(2,3)4)10-15(22-11)12-5-7-14(8-6-12)18(19,20)21/h5-10H,1-4H3,(H,23,24). The normalized spacial score (nSPS) is 12.1. The van der Waals surface area contributed by atoms with Crippen molar-refractivity contribution in [3.63, 3.8) is 0 Å². The minimum atomic E-state index is -4.38. The summed E-state index contributed by atoms with van der Waals surface area (Å²) in [7, 11) is 0. The Labute approximate surface area is 138 Å². The number of carbonyl (C=O) groups is 1. The maximum Gasteiger partial charge on any atom is 0.416 e. The van der Waals surface area contributed by atoms with E-state index < -0.39 is 11.7 Å². The van der Waals surface area contributed by atoms with Gasteiger partial charge in [-0.1, -0.05) is 12.1 Å². The molecule has 1 N–H and O–H groups in total. The average molecular weight is 336 g/mol. The number of rotatable bonds is 2. The van der Waals surface area contributed by atoms with Crippen LogP contribution in [-0.2, 0) is 6.18 Å². The molecule has 0 saturated heterocycles. The summed E-state index contributed by atoms with van der Waals surface area (Å²) in [5.74, 6) is -0.249. The topological polar surface area (TPSA) is 42.0 Å². The van der Waals surface area contributed by atoms with Gasteiger partial charge in [0.25, 0.3) is 5.91 Å². The lowest BCUT2D eigenvalue weighted by Crippen LogP contribution is -2.40. The Morgan fingerprint density at radius 1 is 1.04 bits per heavy atom. The van der Waals surface area contributed by atoms with Crippen LogP contribution in [0.25, 0.3) is 11.3 Å². The molecule has 1 aromatic carbocycles. The fraction of sp³-hybridized carbons (Fsp3) is 0.333. The van der Waals surface area contributed by atoms with Gasteiger partial charge in [-0.2, -0.15) is 13.2 Å². The lowest BCUT2D eigenvalue weighted by molar-refractivity contribution is -0.137. The molecule has 1 amide bonds. The molecule has 24 heavy (non-hydrogen) atoms. The van der Waals surface area contributed by atoms with Crippen molar-refractivity contribution in [3.8, 4) is 11.3 Å². The first kappa shape index (κ1) is 18.0. The van der Waals surface area contributed by atoms with E-state index in [1.165, 1.54) is 12.1 Å². The predicted molar refractivity (Wildman–Crippen MR) is 86.6 cm³/mol. The quantitative estimate of drug-likeness (QED) is 0.870. The van der Waals surface area contributed by atoms with Crippen molar-refractivity contribution in [1.29, 1.82) is 0 Å². The third-order valence-corrected chi connectivity index (χ3v) is 3.21. The molecule has 0 atom stereocenters. The largest absolute Gasteiger partial charge is 0.416 e. The molecule has 0 bridgehead atoms. The molecule has 0 saturated carbocycles. The van der Waals surface area contributed by atoms with Gasteiger partial charge in [0, 0.05) is 22.4 Å². The van der Waals surface area contributed by atoms with Gasteiger partial charge in [-0.15, -0.1) is 0 Å². The number of hydrogen-bond acceptors (Lipinski definition) is 2. The van der Waals surface area contributed by atoms with Crippen LogP contribution in [0.4, 0.5) is 13.2 Å². The highest BCUT2D eigenvalue weighted by atomic mass is 19.4. The van der Waals surface area contributed by atoms with Crippen LogP contribution in [0.5, 0.6) is 0 Å². The highest BCUT2D eigenvalue weighted by molar-refractivity contribution is 5.95. The average Bonchev–Trinajstić information content (AvgIpc) is 2.44. The molecule has 2 rings (SSSR count). The van der Waals surface area contributed by atoms with E-state index in [2.05, 4.69) is 10.3 Å². The van der Waals surface area contributed by atoms with Gasteiger partial charge in [0.2, 0.25) is 0 Å². The zero-order valence-electron chi connectivity index (χ0n) is 14.0. The molecule has 1 heterocycles. The SMILES string of the molecule is Cc1cc(C(=O)NC(C)(C)C)cc(-c2ccc(C(F)(F)F)cc2)n1. The molecule has 0 aliphatic carbocycles. The fourth-order valence-electron chi connectivity index (χ4n) is 2.19. The number of halogens is 3. The van der Waals surface area contributed by atoms with Gasteiger partial charge < -0.3 is 5.32 Å². The molecule has 128 valence electrons. The van der Waals surface area contributed by atoms with Crippen molar-refractivity contribution >= 4 is 5.91 Å². The molecule has 0 spiro atoms. The van der Waals surface area contributed by atoms with Gasteiger partial charge in [-0.05, 0) is 52.0 Å². The first-order chi connectivity index (χ1) is 11.0. The van der Waals surface area contributed by atoms with E-state index >= 15 is 0 Å². The molecule has 3 nitrogen and oxygen atoms in total. The number of alkyl halides is 3. The fourth-order valence-corrected chi connectivity index (χ4v) is 2.19. The summed E-state index contributed by atoms with van der Waals surface area (Å²) in [6, 6.07) is 7.96. The molecular weight excluding hydrogens is 317 g/mol.